The summed E-state index contributed by atoms with van der Waals surface area (Å²) >= 11 is 3.18. The second-order valence-corrected chi connectivity index (χ2v) is 4.83. The van der Waals surface area contributed by atoms with E-state index in [2.05, 4.69) is 21.2 Å². The predicted molar refractivity (Wildman–Crippen MR) is 71.5 cm³/mol. The van der Waals surface area contributed by atoms with Gasteiger partial charge >= 0.3 is 0 Å². The molecule has 0 saturated heterocycles. The van der Waals surface area contributed by atoms with Gasteiger partial charge in [-0.25, -0.2) is 4.39 Å². The fourth-order valence-corrected chi connectivity index (χ4v) is 1.98. The summed E-state index contributed by atoms with van der Waals surface area (Å²) in [5, 5.41) is 3.34. The van der Waals surface area contributed by atoms with Crippen LogP contribution in [0, 0.1) is 5.82 Å². The van der Waals surface area contributed by atoms with Crippen molar-refractivity contribution in [3.8, 4) is 0 Å². The Morgan fingerprint density at radius 2 is 2.12 bits per heavy atom. The van der Waals surface area contributed by atoms with Crippen molar-refractivity contribution in [3.05, 3.63) is 34.1 Å². The van der Waals surface area contributed by atoms with Crippen LogP contribution in [-0.4, -0.2) is 20.3 Å². The van der Waals surface area contributed by atoms with Crippen LogP contribution in [0.1, 0.15) is 24.8 Å². The number of unbranched alkanes of at least 4 members (excludes halogenated alkanes) is 2. The molecule has 2 nitrogen and oxygen atoms in total. The molecule has 0 fully saturated rings. The maximum absolute atomic E-state index is 13.0. The highest BCUT2D eigenvalue weighted by Gasteiger charge is 1.99. The highest BCUT2D eigenvalue weighted by Crippen LogP contribution is 2.16. The summed E-state index contributed by atoms with van der Waals surface area (Å²) in [6.07, 6.45) is 3.43. The van der Waals surface area contributed by atoms with Gasteiger partial charge in [-0.3, -0.25) is 0 Å². The van der Waals surface area contributed by atoms with E-state index in [1.54, 1.807) is 13.2 Å². The number of hydrogen-bond donors (Lipinski definition) is 1. The Morgan fingerprint density at radius 3 is 2.82 bits per heavy atom. The van der Waals surface area contributed by atoms with Crippen molar-refractivity contribution in [1.82, 2.24) is 5.32 Å². The third-order valence-electron chi connectivity index (χ3n) is 2.52. The third kappa shape index (κ3) is 6.15. The molecule has 0 bridgehead atoms. The second-order valence-electron chi connectivity index (χ2n) is 3.98. The van der Waals surface area contributed by atoms with Crippen LogP contribution in [0.15, 0.2) is 22.7 Å². The van der Waals surface area contributed by atoms with E-state index in [-0.39, 0.29) is 5.82 Å². The summed E-state index contributed by atoms with van der Waals surface area (Å²) in [5.41, 5.74) is 1.09. The molecule has 1 aromatic carbocycles. The summed E-state index contributed by atoms with van der Waals surface area (Å²) in [4.78, 5) is 0. The monoisotopic (exact) mass is 303 g/mol. The maximum atomic E-state index is 13.0. The van der Waals surface area contributed by atoms with Gasteiger partial charge in [-0.2, -0.15) is 0 Å². The van der Waals surface area contributed by atoms with E-state index < -0.39 is 0 Å². The molecule has 96 valence electrons. The molecule has 0 atom stereocenters. The number of hydrogen-bond acceptors (Lipinski definition) is 2. The zero-order chi connectivity index (χ0) is 12.5. The molecule has 17 heavy (non-hydrogen) atoms. The molecule has 0 unspecified atom stereocenters. The fourth-order valence-electron chi connectivity index (χ4n) is 1.56. The Kier molecular flexibility index (Phi) is 7.40. The molecule has 1 rings (SSSR count). The molecular formula is C13H19BrFNO. The van der Waals surface area contributed by atoms with Crippen molar-refractivity contribution in [2.24, 2.45) is 0 Å². The molecule has 0 aromatic heterocycles. The predicted octanol–water partition coefficient (Wildman–Crippen LogP) is 3.49. The van der Waals surface area contributed by atoms with Crippen LogP contribution in [0.4, 0.5) is 4.39 Å². The first-order chi connectivity index (χ1) is 8.24. The van der Waals surface area contributed by atoms with Crippen molar-refractivity contribution in [2.45, 2.75) is 25.8 Å². The summed E-state index contributed by atoms with van der Waals surface area (Å²) in [6, 6.07) is 5.10. The van der Waals surface area contributed by atoms with Gasteiger partial charge in [-0.1, -0.05) is 6.07 Å². The summed E-state index contributed by atoms with van der Waals surface area (Å²) in [6.45, 7) is 2.60. The first kappa shape index (κ1) is 14.6. The molecular weight excluding hydrogens is 285 g/mol. The molecule has 0 aliphatic carbocycles. The quantitative estimate of drug-likeness (QED) is 0.742. The first-order valence-electron chi connectivity index (χ1n) is 5.87. The molecule has 0 saturated carbocycles. The molecule has 4 heteroatoms. The average Bonchev–Trinajstić information content (AvgIpc) is 2.32. The molecule has 1 aromatic rings. The van der Waals surface area contributed by atoms with Crippen LogP contribution in [0.2, 0.25) is 0 Å². The van der Waals surface area contributed by atoms with Gasteiger partial charge in [0.05, 0.1) is 4.47 Å². The number of nitrogens with one attached hydrogen (secondary N) is 1. The summed E-state index contributed by atoms with van der Waals surface area (Å²) in [5.74, 6) is -0.215. The van der Waals surface area contributed by atoms with E-state index in [0.29, 0.717) is 4.47 Å². The number of rotatable bonds is 8. The minimum absolute atomic E-state index is 0.215. The standard InChI is InChI=1S/C13H19BrFNO/c1-17-8-4-2-3-7-16-10-11-5-6-13(15)12(14)9-11/h5-6,9,16H,2-4,7-8,10H2,1H3. The van der Waals surface area contributed by atoms with Crippen molar-refractivity contribution < 1.29 is 9.13 Å². The molecule has 0 heterocycles. The topological polar surface area (TPSA) is 21.3 Å². The lowest BCUT2D eigenvalue weighted by atomic mass is 10.2. The lowest BCUT2D eigenvalue weighted by molar-refractivity contribution is 0.192. The van der Waals surface area contributed by atoms with Gasteiger partial charge in [-0.05, 0) is 59.4 Å². The number of halogens is 2. The third-order valence-corrected chi connectivity index (χ3v) is 3.12. The van der Waals surface area contributed by atoms with E-state index in [1.807, 2.05) is 6.07 Å². The zero-order valence-electron chi connectivity index (χ0n) is 10.1. The second kappa shape index (κ2) is 8.61. The molecule has 0 aliphatic heterocycles. The van der Waals surface area contributed by atoms with Crippen molar-refractivity contribution >= 4 is 15.9 Å². The van der Waals surface area contributed by atoms with Crippen LogP contribution >= 0.6 is 15.9 Å². The van der Waals surface area contributed by atoms with Crippen LogP contribution in [-0.2, 0) is 11.3 Å². The van der Waals surface area contributed by atoms with Crippen molar-refractivity contribution in [2.75, 3.05) is 20.3 Å². The van der Waals surface area contributed by atoms with Gasteiger partial charge in [0.2, 0.25) is 0 Å². The molecule has 1 N–H and O–H groups in total. The Balaban J connectivity index is 2.11. The smallest absolute Gasteiger partial charge is 0.137 e. The first-order valence-corrected chi connectivity index (χ1v) is 6.67. The van der Waals surface area contributed by atoms with Gasteiger partial charge in [-0.15, -0.1) is 0 Å². The zero-order valence-corrected chi connectivity index (χ0v) is 11.7. The van der Waals surface area contributed by atoms with Crippen LogP contribution in [0.25, 0.3) is 0 Å². The average molecular weight is 304 g/mol. The van der Waals surface area contributed by atoms with E-state index >= 15 is 0 Å². The fraction of sp³-hybridized carbons (Fsp3) is 0.538. The lowest BCUT2D eigenvalue weighted by Crippen LogP contribution is -2.14. The maximum Gasteiger partial charge on any atom is 0.137 e. The SMILES string of the molecule is COCCCCCNCc1ccc(F)c(Br)c1. The van der Waals surface area contributed by atoms with Crippen LogP contribution in [0.5, 0.6) is 0 Å². The van der Waals surface area contributed by atoms with E-state index in [1.165, 1.54) is 12.5 Å². The van der Waals surface area contributed by atoms with E-state index in [0.717, 1.165) is 38.1 Å². The number of ether oxygens (including phenoxy) is 1. The Labute approximate surface area is 111 Å². The molecule has 0 spiro atoms. The highest BCUT2D eigenvalue weighted by molar-refractivity contribution is 9.10. The van der Waals surface area contributed by atoms with Gasteiger partial charge in [0.15, 0.2) is 0 Å². The van der Waals surface area contributed by atoms with Gasteiger partial charge in [0.25, 0.3) is 0 Å². The highest BCUT2D eigenvalue weighted by atomic mass is 79.9. The largest absolute Gasteiger partial charge is 0.385 e. The molecule has 0 radical (unpaired) electrons. The van der Waals surface area contributed by atoms with Gasteiger partial charge in [0, 0.05) is 20.3 Å². The molecule has 0 aliphatic rings. The van der Waals surface area contributed by atoms with Crippen molar-refractivity contribution in [3.63, 3.8) is 0 Å². The van der Waals surface area contributed by atoms with Crippen molar-refractivity contribution in [1.29, 1.82) is 0 Å². The van der Waals surface area contributed by atoms with Crippen LogP contribution in [0.3, 0.4) is 0 Å². The van der Waals surface area contributed by atoms with Crippen LogP contribution < -0.4 is 5.32 Å². The number of benzene rings is 1. The minimum Gasteiger partial charge on any atom is -0.385 e. The Hall–Kier alpha value is -0.450. The number of methoxy groups -OCH3 is 1. The van der Waals surface area contributed by atoms with Gasteiger partial charge in [0.1, 0.15) is 5.82 Å². The Morgan fingerprint density at radius 1 is 1.29 bits per heavy atom. The summed E-state index contributed by atoms with van der Waals surface area (Å²) < 4.78 is 18.5. The Bertz CT molecular complexity index is 333. The lowest BCUT2D eigenvalue weighted by Gasteiger charge is -2.05. The molecule has 0 amide bonds. The summed E-state index contributed by atoms with van der Waals surface area (Å²) in [7, 11) is 1.73. The normalized spacial score (nSPS) is 10.8. The van der Waals surface area contributed by atoms with E-state index in [9.17, 15) is 4.39 Å². The van der Waals surface area contributed by atoms with Gasteiger partial charge < -0.3 is 10.1 Å². The minimum atomic E-state index is -0.215. The van der Waals surface area contributed by atoms with E-state index in [4.69, 9.17) is 4.74 Å².